The van der Waals surface area contributed by atoms with Gasteiger partial charge in [-0.1, -0.05) is 48.5 Å². The lowest BCUT2D eigenvalue weighted by Crippen LogP contribution is -2.31. The lowest BCUT2D eigenvalue weighted by Gasteiger charge is -2.16. The van der Waals surface area contributed by atoms with Crippen LogP contribution in [0.25, 0.3) is 0 Å². The topological polar surface area (TPSA) is 55.8 Å². The fourth-order valence-corrected chi connectivity index (χ4v) is 2.59. The largest absolute Gasteiger partial charge is 0.457 e. The Morgan fingerprint density at radius 3 is 2.38 bits per heavy atom. The summed E-state index contributed by atoms with van der Waals surface area (Å²) in [6.07, 6.45) is -0.0435. The van der Waals surface area contributed by atoms with Crippen molar-refractivity contribution in [3.8, 4) is 0 Å². The van der Waals surface area contributed by atoms with Crippen LogP contribution < -0.4 is 0 Å². The molecule has 1 aliphatic rings. The van der Waals surface area contributed by atoms with E-state index in [4.69, 9.17) is 9.47 Å². The summed E-state index contributed by atoms with van der Waals surface area (Å²) in [5.74, 6) is -0.361. The first kappa shape index (κ1) is 16.1. The van der Waals surface area contributed by atoms with E-state index >= 15 is 0 Å². The van der Waals surface area contributed by atoms with Crippen LogP contribution in [0.3, 0.4) is 0 Å². The number of carbonyl (C=O) groups excluding carboxylic acids is 2. The Morgan fingerprint density at radius 2 is 1.67 bits per heavy atom. The Bertz CT molecular complexity index is 687. The zero-order chi connectivity index (χ0) is 16.8. The molecule has 1 heterocycles. The van der Waals surface area contributed by atoms with Crippen LogP contribution in [0.15, 0.2) is 60.7 Å². The Kier molecular flexibility index (Phi) is 5.11. The molecule has 124 valence electrons. The number of hydrogen-bond acceptors (Lipinski definition) is 4. The van der Waals surface area contributed by atoms with Crippen molar-refractivity contribution >= 4 is 12.1 Å². The smallest absolute Gasteiger partial charge is 0.410 e. The van der Waals surface area contributed by atoms with Gasteiger partial charge < -0.3 is 14.4 Å². The molecular weight excluding hydrogens is 306 g/mol. The van der Waals surface area contributed by atoms with Crippen molar-refractivity contribution in [2.75, 3.05) is 13.1 Å². The predicted octanol–water partition coefficient (Wildman–Crippen LogP) is 3.25. The molecule has 3 rings (SSSR count). The minimum Gasteiger partial charge on any atom is -0.457 e. The maximum absolute atomic E-state index is 12.1. The highest BCUT2D eigenvalue weighted by Crippen LogP contribution is 2.16. The van der Waals surface area contributed by atoms with Crippen molar-refractivity contribution in [2.45, 2.75) is 19.1 Å². The van der Waals surface area contributed by atoms with Gasteiger partial charge in [0.25, 0.3) is 0 Å². The van der Waals surface area contributed by atoms with E-state index in [2.05, 4.69) is 0 Å². The van der Waals surface area contributed by atoms with Crippen LogP contribution >= 0.6 is 0 Å². The molecule has 0 aliphatic carbocycles. The first-order valence-corrected chi connectivity index (χ1v) is 7.94. The van der Waals surface area contributed by atoms with Crippen LogP contribution in [0.2, 0.25) is 0 Å². The second kappa shape index (κ2) is 7.64. The van der Waals surface area contributed by atoms with E-state index in [0.717, 1.165) is 5.56 Å². The molecule has 24 heavy (non-hydrogen) atoms. The van der Waals surface area contributed by atoms with Crippen LogP contribution in [0.5, 0.6) is 0 Å². The molecule has 0 spiro atoms. The summed E-state index contributed by atoms with van der Waals surface area (Å²) in [5, 5.41) is 0. The quantitative estimate of drug-likeness (QED) is 0.810. The Balaban J connectivity index is 1.46. The average molecular weight is 325 g/mol. The number of amides is 1. The van der Waals surface area contributed by atoms with E-state index in [9.17, 15) is 9.59 Å². The fourth-order valence-electron chi connectivity index (χ4n) is 2.59. The maximum atomic E-state index is 12.1. The molecule has 2 aromatic rings. The molecule has 1 amide bonds. The first-order chi connectivity index (χ1) is 11.7. The van der Waals surface area contributed by atoms with Crippen LogP contribution in [0.1, 0.15) is 22.3 Å². The van der Waals surface area contributed by atoms with Crippen molar-refractivity contribution in [1.29, 1.82) is 0 Å². The minimum atomic E-state index is -0.378. The SMILES string of the molecule is O=C(OC1CCN(C(=O)OCc2ccccc2)C1)c1ccccc1. The van der Waals surface area contributed by atoms with Gasteiger partial charge in [-0.25, -0.2) is 9.59 Å². The summed E-state index contributed by atoms with van der Waals surface area (Å²) in [4.78, 5) is 25.7. The summed E-state index contributed by atoms with van der Waals surface area (Å²) in [7, 11) is 0. The molecule has 0 aromatic heterocycles. The van der Waals surface area contributed by atoms with Gasteiger partial charge in [0.1, 0.15) is 12.7 Å². The molecule has 1 aliphatic heterocycles. The highest BCUT2D eigenvalue weighted by Gasteiger charge is 2.30. The summed E-state index contributed by atoms with van der Waals surface area (Å²) >= 11 is 0. The standard InChI is InChI=1S/C19H19NO4/c21-18(16-9-5-2-6-10-16)24-17-11-12-20(13-17)19(22)23-14-15-7-3-1-4-8-15/h1-10,17H,11-14H2. The Labute approximate surface area is 140 Å². The fraction of sp³-hybridized carbons (Fsp3) is 0.263. The molecule has 0 radical (unpaired) electrons. The number of ether oxygens (including phenoxy) is 2. The molecule has 1 atom stereocenters. The van der Waals surface area contributed by atoms with E-state index in [1.807, 2.05) is 36.4 Å². The van der Waals surface area contributed by atoms with Crippen molar-refractivity contribution in [1.82, 2.24) is 4.90 Å². The van der Waals surface area contributed by atoms with E-state index < -0.39 is 0 Å². The lowest BCUT2D eigenvalue weighted by atomic mass is 10.2. The van der Waals surface area contributed by atoms with Gasteiger partial charge in [0.05, 0.1) is 12.1 Å². The second-order valence-electron chi connectivity index (χ2n) is 5.67. The molecule has 0 saturated carbocycles. The van der Waals surface area contributed by atoms with Gasteiger partial charge in [0.2, 0.25) is 0 Å². The maximum Gasteiger partial charge on any atom is 0.410 e. The normalized spacial score (nSPS) is 16.7. The molecule has 2 aromatic carbocycles. The molecular formula is C19H19NO4. The number of nitrogens with zero attached hydrogens (tertiary/aromatic N) is 1. The van der Waals surface area contributed by atoms with Crippen LogP contribution in [-0.4, -0.2) is 36.2 Å². The zero-order valence-electron chi connectivity index (χ0n) is 13.3. The first-order valence-electron chi connectivity index (χ1n) is 7.94. The second-order valence-corrected chi connectivity index (χ2v) is 5.67. The zero-order valence-corrected chi connectivity index (χ0v) is 13.3. The number of benzene rings is 2. The van der Waals surface area contributed by atoms with Crippen LogP contribution in [0, 0.1) is 0 Å². The average Bonchev–Trinajstić information content (AvgIpc) is 3.10. The number of carbonyl (C=O) groups is 2. The van der Waals surface area contributed by atoms with Crippen molar-refractivity contribution in [3.63, 3.8) is 0 Å². The molecule has 5 nitrogen and oxygen atoms in total. The third kappa shape index (κ3) is 4.13. The monoisotopic (exact) mass is 325 g/mol. The predicted molar refractivity (Wildman–Crippen MR) is 88.5 cm³/mol. The van der Waals surface area contributed by atoms with Crippen molar-refractivity contribution in [2.24, 2.45) is 0 Å². The van der Waals surface area contributed by atoms with E-state index in [0.29, 0.717) is 25.1 Å². The molecule has 1 unspecified atom stereocenters. The van der Waals surface area contributed by atoms with Gasteiger partial charge in [-0.15, -0.1) is 0 Å². The third-order valence-electron chi connectivity index (χ3n) is 3.89. The van der Waals surface area contributed by atoms with E-state index in [1.165, 1.54) is 0 Å². The number of esters is 1. The summed E-state index contributed by atoms with van der Waals surface area (Å²) < 4.78 is 10.7. The summed E-state index contributed by atoms with van der Waals surface area (Å²) in [6, 6.07) is 18.4. The number of rotatable bonds is 4. The van der Waals surface area contributed by atoms with Gasteiger partial charge in [-0.2, -0.15) is 0 Å². The Hall–Kier alpha value is -2.82. The molecule has 0 bridgehead atoms. The minimum absolute atomic E-state index is 0.241. The Morgan fingerprint density at radius 1 is 1.00 bits per heavy atom. The highest BCUT2D eigenvalue weighted by molar-refractivity contribution is 5.89. The summed E-state index contributed by atoms with van der Waals surface area (Å²) in [5.41, 5.74) is 1.46. The number of likely N-dealkylation sites (tertiary alicyclic amines) is 1. The highest BCUT2D eigenvalue weighted by atomic mass is 16.6. The molecule has 1 saturated heterocycles. The van der Waals surface area contributed by atoms with Gasteiger partial charge in [0.15, 0.2) is 0 Å². The third-order valence-corrected chi connectivity index (χ3v) is 3.89. The van der Waals surface area contributed by atoms with Gasteiger partial charge in [-0.3, -0.25) is 0 Å². The van der Waals surface area contributed by atoms with E-state index in [-0.39, 0.29) is 24.8 Å². The molecule has 1 fully saturated rings. The summed E-state index contributed by atoms with van der Waals surface area (Å²) in [6.45, 7) is 1.14. The van der Waals surface area contributed by atoms with Crippen molar-refractivity contribution < 1.29 is 19.1 Å². The van der Waals surface area contributed by atoms with Gasteiger partial charge in [0, 0.05) is 13.0 Å². The number of hydrogen-bond donors (Lipinski definition) is 0. The lowest BCUT2D eigenvalue weighted by molar-refractivity contribution is 0.0312. The van der Waals surface area contributed by atoms with Gasteiger partial charge >= 0.3 is 12.1 Å². The van der Waals surface area contributed by atoms with Crippen LogP contribution in [-0.2, 0) is 16.1 Å². The van der Waals surface area contributed by atoms with Crippen molar-refractivity contribution in [3.05, 3.63) is 71.8 Å². The van der Waals surface area contributed by atoms with E-state index in [1.54, 1.807) is 29.2 Å². The molecule has 5 heteroatoms. The van der Waals surface area contributed by atoms with Crippen LogP contribution in [0.4, 0.5) is 4.79 Å². The van der Waals surface area contributed by atoms with Gasteiger partial charge in [-0.05, 0) is 17.7 Å². The molecule has 0 N–H and O–H groups in total.